The van der Waals surface area contributed by atoms with Gasteiger partial charge in [0.05, 0.1) is 5.60 Å². The zero-order chi connectivity index (χ0) is 15.8. The quantitative estimate of drug-likeness (QED) is 0.591. The van der Waals surface area contributed by atoms with Crippen LogP contribution in [0.15, 0.2) is 58.9 Å². The Bertz CT molecular complexity index is 589. The molecular weight excluding hydrogens is 288 g/mol. The molecule has 2 aliphatic carbocycles. The summed E-state index contributed by atoms with van der Waals surface area (Å²) in [4.78, 5) is 1.25. The molecule has 2 fully saturated rings. The molecule has 0 amide bonds. The number of allylic oxidation sites excluding steroid dienone is 1. The molecular formula is C20H26OS. The minimum atomic E-state index is -0.693. The first-order valence-electron chi connectivity index (χ1n) is 8.21. The number of hydrogen-bond donors (Lipinski definition) is 1. The van der Waals surface area contributed by atoms with Crippen LogP contribution in [0.1, 0.15) is 40.0 Å². The summed E-state index contributed by atoms with van der Waals surface area (Å²) in [6.45, 7) is 6.68. The first kappa shape index (κ1) is 15.9. The third-order valence-electron chi connectivity index (χ3n) is 6.13. The lowest BCUT2D eigenvalue weighted by atomic mass is 9.63. The van der Waals surface area contributed by atoms with E-state index in [0.29, 0.717) is 5.92 Å². The van der Waals surface area contributed by atoms with Gasteiger partial charge in [0.1, 0.15) is 0 Å². The Balaban J connectivity index is 1.90. The standard InChI is InChI=1S/C20H26OS/c1-4-11-20(21)15-16-10-12-19(20,18(16,2)3)13-14-22-17-8-6-5-7-9-17/h4-9,11,13-14,16,21H,10,12,15H2,1-3H3/b11-4-,14-13-/t16-,19-,20-/m1/s1. The molecule has 3 atom stereocenters. The normalized spacial score (nSPS) is 36.6. The molecule has 0 unspecified atom stereocenters. The Hall–Kier alpha value is -0.990. The van der Waals surface area contributed by atoms with Crippen LogP contribution in [0.5, 0.6) is 0 Å². The van der Waals surface area contributed by atoms with E-state index in [1.807, 2.05) is 25.1 Å². The van der Waals surface area contributed by atoms with E-state index in [1.54, 1.807) is 11.8 Å². The van der Waals surface area contributed by atoms with Crippen LogP contribution in [0.25, 0.3) is 0 Å². The van der Waals surface area contributed by atoms with Crippen LogP contribution >= 0.6 is 11.8 Å². The molecule has 118 valence electrons. The lowest BCUT2D eigenvalue weighted by Crippen LogP contribution is -2.46. The van der Waals surface area contributed by atoms with Crippen molar-refractivity contribution in [1.82, 2.24) is 0 Å². The topological polar surface area (TPSA) is 20.2 Å². The van der Waals surface area contributed by atoms with Crippen molar-refractivity contribution in [2.24, 2.45) is 16.7 Å². The van der Waals surface area contributed by atoms with Gasteiger partial charge in [0.25, 0.3) is 0 Å². The van der Waals surface area contributed by atoms with Crippen LogP contribution in [-0.4, -0.2) is 10.7 Å². The summed E-state index contributed by atoms with van der Waals surface area (Å²) < 4.78 is 0. The van der Waals surface area contributed by atoms with Crippen molar-refractivity contribution in [2.75, 3.05) is 0 Å². The number of aliphatic hydroxyl groups is 1. The maximum absolute atomic E-state index is 11.3. The summed E-state index contributed by atoms with van der Waals surface area (Å²) in [5, 5.41) is 13.5. The Morgan fingerprint density at radius 1 is 1.18 bits per heavy atom. The lowest BCUT2D eigenvalue weighted by Gasteiger charge is -2.44. The summed E-state index contributed by atoms with van der Waals surface area (Å²) >= 11 is 1.74. The minimum absolute atomic E-state index is 0.140. The predicted molar refractivity (Wildman–Crippen MR) is 94.8 cm³/mol. The molecule has 0 aromatic heterocycles. The lowest BCUT2D eigenvalue weighted by molar-refractivity contribution is -0.0305. The molecule has 2 bridgehead atoms. The molecule has 2 aliphatic rings. The third kappa shape index (κ3) is 2.19. The smallest absolute Gasteiger partial charge is 0.0926 e. The third-order valence-corrected chi connectivity index (χ3v) is 6.95. The van der Waals surface area contributed by atoms with Crippen molar-refractivity contribution in [3.8, 4) is 0 Å². The highest BCUT2D eigenvalue weighted by Crippen LogP contribution is 2.71. The Morgan fingerprint density at radius 3 is 2.55 bits per heavy atom. The van der Waals surface area contributed by atoms with Crippen LogP contribution in [-0.2, 0) is 0 Å². The van der Waals surface area contributed by atoms with E-state index in [4.69, 9.17) is 0 Å². The molecule has 1 aromatic rings. The van der Waals surface area contributed by atoms with Crippen molar-refractivity contribution in [2.45, 2.75) is 50.5 Å². The van der Waals surface area contributed by atoms with Crippen molar-refractivity contribution in [3.63, 3.8) is 0 Å². The summed E-state index contributed by atoms with van der Waals surface area (Å²) in [6.07, 6.45) is 9.55. The van der Waals surface area contributed by atoms with Gasteiger partial charge in [0.2, 0.25) is 0 Å². The number of thioether (sulfide) groups is 1. The molecule has 0 heterocycles. The fourth-order valence-corrected chi connectivity index (χ4v) is 5.57. The molecule has 0 saturated heterocycles. The molecule has 0 aliphatic heterocycles. The molecule has 0 radical (unpaired) electrons. The maximum Gasteiger partial charge on any atom is 0.0926 e. The summed E-state index contributed by atoms with van der Waals surface area (Å²) in [6, 6.07) is 10.4. The monoisotopic (exact) mass is 314 g/mol. The van der Waals surface area contributed by atoms with Gasteiger partial charge in [-0.2, -0.15) is 0 Å². The first-order valence-corrected chi connectivity index (χ1v) is 9.09. The van der Waals surface area contributed by atoms with Crippen LogP contribution in [0.3, 0.4) is 0 Å². The SMILES string of the molecule is C/C=C\[C@@]1(O)C[C@H]2CC[C@@]1(/C=C\Sc1ccccc1)C2(C)C. The summed E-state index contributed by atoms with van der Waals surface area (Å²) in [5.41, 5.74) is -0.685. The predicted octanol–water partition coefficient (Wildman–Crippen LogP) is 5.43. The highest BCUT2D eigenvalue weighted by molar-refractivity contribution is 8.02. The van der Waals surface area contributed by atoms with Crippen LogP contribution in [0, 0.1) is 16.7 Å². The molecule has 2 heteroatoms. The number of fused-ring (bicyclic) bond motifs is 2. The van der Waals surface area contributed by atoms with Gasteiger partial charge >= 0.3 is 0 Å². The second kappa shape index (κ2) is 5.58. The summed E-state index contributed by atoms with van der Waals surface area (Å²) in [7, 11) is 0. The molecule has 2 saturated carbocycles. The van der Waals surface area contributed by atoms with E-state index in [-0.39, 0.29) is 10.8 Å². The Kier molecular flexibility index (Phi) is 4.03. The second-order valence-corrected chi connectivity index (χ2v) is 8.27. The molecule has 22 heavy (non-hydrogen) atoms. The fraction of sp³-hybridized carbons (Fsp3) is 0.500. The van der Waals surface area contributed by atoms with Crippen LogP contribution in [0.4, 0.5) is 0 Å². The molecule has 3 rings (SSSR count). The molecule has 0 spiro atoms. The summed E-state index contributed by atoms with van der Waals surface area (Å²) in [5.74, 6) is 0.611. The zero-order valence-corrected chi connectivity index (χ0v) is 14.6. The fourth-order valence-electron chi connectivity index (χ4n) is 4.80. The maximum atomic E-state index is 11.3. The Labute approximate surface area is 138 Å². The first-order chi connectivity index (χ1) is 10.5. The average Bonchev–Trinajstić information content (AvgIpc) is 2.82. The van der Waals surface area contributed by atoms with Gasteiger partial charge in [-0.25, -0.2) is 0 Å². The van der Waals surface area contributed by atoms with E-state index in [1.165, 1.54) is 11.3 Å². The second-order valence-electron chi connectivity index (χ2n) is 7.29. The van der Waals surface area contributed by atoms with Gasteiger partial charge in [-0.15, -0.1) is 0 Å². The van der Waals surface area contributed by atoms with Crippen molar-refractivity contribution in [3.05, 3.63) is 54.0 Å². The van der Waals surface area contributed by atoms with Gasteiger partial charge in [-0.1, -0.05) is 62.0 Å². The van der Waals surface area contributed by atoms with Crippen molar-refractivity contribution >= 4 is 11.8 Å². The van der Waals surface area contributed by atoms with E-state index in [2.05, 4.69) is 49.6 Å². The Morgan fingerprint density at radius 2 is 1.91 bits per heavy atom. The van der Waals surface area contributed by atoms with Crippen molar-refractivity contribution in [1.29, 1.82) is 0 Å². The van der Waals surface area contributed by atoms with E-state index in [0.717, 1.165) is 12.8 Å². The van der Waals surface area contributed by atoms with Gasteiger partial charge < -0.3 is 5.11 Å². The number of rotatable bonds is 4. The molecule has 1 nitrogen and oxygen atoms in total. The highest BCUT2D eigenvalue weighted by Gasteiger charge is 2.68. The van der Waals surface area contributed by atoms with Crippen LogP contribution < -0.4 is 0 Å². The van der Waals surface area contributed by atoms with Crippen LogP contribution in [0.2, 0.25) is 0 Å². The van der Waals surface area contributed by atoms with Gasteiger partial charge in [0, 0.05) is 10.3 Å². The van der Waals surface area contributed by atoms with Gasteiger partial charge in [0.15, 0.2) is 0 Å². The van der Waals surface area contributed by atoms with E-state index in [9.17, 15) is 5.11 Å². The van der Waals surface area contributed by atoms with E-state index < -0.39 is 5.60 Å². The van der Waals surface area contributed by atoms with Crippen molar-refractivity contribution < 1.29 is 5.11 Å². The number of benzene rings is 1. The number of hydrogen-bond acceptors (Lipinski definition) is 2. The minimum Gasteiger partial charge on any atom is -0.385 e. The van der Waals surface area contributed by atoms with Gasteiger partial charge in [-0.3, -0.25) is 0 Å². The molecule has 1 aromatic carbocycles. The van der Waals surface area contributed by atoms with Gasteiger partial charge in [-0.05, 0) is 55.1 Å². The highest BCUT2D eigenvalue weighted by atomic mass is 32.2. The largest absolute Gasteiger partial charge is 0.385 e. The average molecular weight is 314 g/mol. The van der Waals surface area contributed by atoms with E-state index >= 15 is 0 Å². The zero-order valence-electron chi connectivity index (χ0n) is 13.8. The molecule has 1 N–H and O–H groups in total.